The Bertz CT molecular complexity index is 852. The number of hydrogen-bond acceptors (Lipinski definition) is 5. The van der Waals surface area contributed by atoms with Crippen LogP contribution in [0, 0.1) is 6.92 Å². The molecule has 7 nitrogen and oxygen atoms in total. The third kappa shape index (κ3) is 2.40. The minimum Gasteiger partial charge on any atom is -0.442 e. The van der Waals surface area contributed by atoms with E-state index in [4.69, 9.17) is 4.42 Å². The van der Waals surface area contributed by atoms with Crippen LogP contribution in [0.25, 0.3) is 11.1 Å². The Kier molecular flexibility index (Phi) is 3.23. The van der Waals surface area contributed by atoms with E-state index in [2.05, 4.69) is 20.3 Å². The SMILES string of the molecule is Cc1oc2nc[nH]c(=O)c2c1C(=O)NCc1ccncc1. The van der Waals surface area contributed by atoms with E-state index >= 15 is 0 Å². The maximum Gasteiger partial charge on any atom is 0.262 e. The summed E-state index contributed by atoms with van der Waals surface area (Å²) < 4.78 is 5.35. The highest BCUT2D eigenvalue weighted by Crippen LogP contribution is 2.20. The minimum atomic E-state index is -0.397. The quantitative estimate of drug-likeness (QED) is 0.751. The molecule has 7 heteroatoms. The summed E-state index contributed by atoms with van der Waals surface area (Å²) in [5.41, 5.74) is 0.889. The minimum absolute atomic E-state index is 0.158. The van der Waals surface area contributed by atoms with Crippen LogP contribution >= 0.6 is 0 Å². The van der Waals surface area contributed by atoms with Gasteiger partial charge in [0.15, 0.2) is 0 Å². The lowest BCUT2D eigenvalue weighted by atomic mass is 10.1. The van der Waals surface area contributed by atoms with Crippen LogP contribution in [0.1, 0.15) is 21.7 Å². The van der Waals surface area contributed by atoms with Crippen molar-refractivity contribution in [2.24, 2.45) is 0 Å². The first-order valence-corrected chi connectivity index (χ1v) is 6.30. The van der Waals surface area contributed by atoms with Crippen LogP contribution in [0.4, 0.5) is 0 Å². The summed E-state index contributed by atoms with van der Waals surface area (Å²) in [6, 6.07) is 3.60. The zero-order valence-corrected chi connectivity index (χ0v) is 11.2. The van der Waals surface area contributed by atoms with Gasteiger partial charge in [-0.2, -0.15) is 0 Å². The molecule has 3 rings (SSSR count). The molecule has 0 unspecified atom stereocenters. The molecule has 106 valence electrons. The number of amides is 1. The Labute approximate surface area is 119 Å². The van der Waals surface area contributed by atoms with E-state index in [9.17, 15) is 9.59 Å². The molecule has 1 amide bonds. The zero-order valence-electron chi connectivity index (χ0n) is 11.2. The maximum atomic E-state index is 12.3. The van der Waals surface area contributed by atoms with E-state index < -0.39 is 5.56 Å². The molecule has 0 radical (unpaired) electrons. The topological polar surface area (TPSA) is 101 Å². The molecule has 0 bridgehead atoms. The van der Waals surface area contributed by atoms with Crippen molar-refractivity contribution in [1.29, 1.82) is 0 Å². The van der Waals surface area contributed by atoms with Crippen LogP contribution in [0.3, 0.4) is 0 Å². The van der Waals surface area contributed by atoms with Gasteiger partial charge in [0.2, 0.25) is 5.71 Å². The van der Waals surface area contributed by atoms with Crippen LogP contribution < -0.4 is 10.9 Å². The zero-order chi connectivity index (χ0) is 14.8. The summed E-state index contributed by atoms with van der Waals surface area (Å²) in [5, 5.41) is 2.92. The standard InChI is InChI=1S/C14H12N4O3/c1-8-10(11-13(20)17-7-18-14(11)21-8)12(19)16-6-9-2-4-15-5-3-9/h2-5,7H,6H2,1H3,(H,16,19)(H,17,18,20). The van der Waals surface area contributed by atoms with Gasteiger partial charge in [-0.05, 0) is 24.6 Å². The molecule has 21 heavy (non-hydrogen) atoms. The number of carbonyl (C=O) groups excluding carboxylic acids is 1. The molecule has 0 atom stereocenters. The van der Waals surface area contributed by atoms with Crippen molar-refractivity contribution >= 4 is 17.0 Å². The van der Waals surface area contributed by atoms with E-state index in [0.29, 0.717) is 12.3 Å². The largest absolute Gasteiger partial charge is 0.442 e. The first-order valence-electron chi connectivity index (χ1n) is 6.30. The fourth-order valence-electron chi connectivity index (χ4n) is 2.10. The van der Waals surface area contributed by atoms with E-state index in [-0.39, 0.29) is 22.6 Å². The molecular formula is C14H12N4O3. The van der Waals surface area contributed by atoms with Crippen molar-refractivity contribution in [3.05, 3.63) is 58.1 Å². The summed E-state index contributed by atoms with van der Waals surface area (Å²) in [4.78, 5) is 34.4. The van der Waals surface area contributed by atoms with E-state index in [0.717, 1.165) is 5.56 Å². The first kappa shape index (κ1) is 13.0. The Morgan fingerprint density at radius 2 is 2.14 bits per heavy atom. The Morgan fingerprint density at radius 1 is 1.38 bits per heavy atom. The summed E-state index contributed by atoms with van der Waals surface area (Å²) in [6.45, 7) is 1.97. The number of H-pyrrole nitrogens is 1. The van der Waals surface area contributed by atoms with Crippen LogP contribution in [0.15, 0.2) is 40.1 Å². The number of furan rings is 1. The second-order valence-corrected chi connectivity index (χ2v) is 4.48. The first-order chi connectivity index (χ1) is 10.2. The number of nitrogens with zero attached hydrogens (tertiary/aromatic N) is 2. The maximum absolute atomic E-state index is 12.3. The second kappa shape index (κ2) is 5.20. The number of carbonyl (C=O) groups is 1. The molecular weight excluding hydrogens is 272 g/mol. The van der Waals surface area contributed by atoms with Crippen molar-refractivity contribution < 1.29 is 9.21 Å². The molecule has 0 saturated carbocycles. The van der Waals surface area contributed by atoms with Crippen LogP contribution in [-0.2, 0) is 6.54 Å². The van der Waals surface area contributed by atoms with Gasteiger partial charge in [-0.1, -0.05) is 0 Å². The van der Waals surface area contributed by atoms with Crippen molar-refractivity contribution in [2.45, 2.75) is 13.5 Å². The molecule has 3 heterocycles. The van der Waals surface area contributed by atoms with Gasteiger partial charge in [-0.25, -0.2) is 4.98 Å². The molecule has 0 aliphatic carbocycles. The number of aryl methyl sites for hydroxylation is 1. The lowest BCUT2D eigenvalue weighted by molar-refractivity contribution is 0.0950. The normalized spacial score (nSPS) is 10.7. The summed E-state index contributed by atoms with van der Waals surface area (Å²) in [5.74, 6) is -0.0111. The summed E-state index contributed by atoms with van der Waals surface area (Å²) in [6.07, 6.45) is 4.54. The molecule has 0 aliphatic rings. The van der Waals surface area contributed by atoms with Gasteiger partial charge in [0.25, 0.3) is 11.5 Å². The number of pyridine rings is 1. The fourth-order valence-corrected chi connectivity index (χ4v) is 2.10. The molecule has 2 N–H and O–H groups in total. The number of nitrogens with one attached hydrogen (secondary N) is 2. The van der Waals surface area contributed by atoms with Gasteiger partial charge in [-0.15, -0.1) is 0 Å². The third-order valence-corrected chi connectivity index (χ3v) is 3.10. The van der Waals surface area contributed by atoms with Gasteiger partial charge >= 0.3 is 0 Å². The van der Waals surface area contributed by atoms with Gasteiger partial charge in [-0.3, -0.25) is 14.6 Å². The van der Waals surface area contributed by atoms with Crippen molar-refractivity contribution in [3.63, 3.8) is 0 Å². The highest BCUT2D eigenvalue weighted by molar-refractivity contribution is 6.06. The van der Waals surface area contributed by atoms with E-state index in [1.54, 1.807) is 31.5 Å². The fraction of sp³-hybridized carbons (Fsp3) is 0.143. The lowest BCUT2D eigenvalue weighted by Crippen LogP contribution is -2.24. The molecule has 0 fully saturated rings. The molecule has 0 spiro atoms. The number of aromatic nitrogens is 3. The van der Waals surface area contributed by atoms with E-state index in [1.807, 2.05) is 0 Å². The van der Waals surface area contributed by atoms with Crippen LogP contribution in [0.5, 0.6) is 0 Å². The second-order valence-electron chi connectivity index (χ2n) is 4.48. The van der Waals surface area contributed by atoms with Crippen molar-refractivity contribution in [2.75, 3.05) is 0 Å². The lowest BCUT2D eigenvalue weighted by Gasteiger charge is -2.04. The summed E-state index contributed by atoms with van der Waals surface area (Å²) in [7, 11) is 0. The predicted molar refractivity (Wildman–Crippen MR) is 74.8 cm³/mol. The van der Waals surface area contributed by atoms with Crippen molar-refractivity contribution in [3.8, 4) is 0 Å². The number of hydrogen-bond donors (Lipinski definition) is 2. The van der Waals surface area contributed by atoms with E-state index in [1.165, 1.54) is 6.33 Å². The van der Waals surface area contributed by atoms with Crippen LogP contribution in [-0.4, -0.2) is 20.9 Å². The van der Waals surface area contributed by atoms with Gasteiger partial charge in [0.1, 0.15) is 11.1 Å². The highest BCUT2D eigenvalue weighted by Gasteiger charge is 2.21. The smallest absolute Gasteiger partial charge is 0.262 e. The van der Waals surface area contributed by atoms with Gasteiger partial charge < -0.3 is 14.7 Å². The van der Waals surface area contributed by atoms with Gasteiger partial charge in [0.05, 0.1) is 11.9 Å². The molecule has 3 aromatic heterocycles. The molecule has 0 aliphatic heterocycles. The molecule has 0 saturated heterocycles. The number of rotatable bonds is 3. The Morgan fingerprint density at radius 3 is 2.90 bits per heavy atom. The monoisotopic (exact) mass is 284 g/mol. The molecule has 3 aromatic rings. The predicted octanol–water partition coefficient (Wildman–Crippen LogP) is 1.15. The number of aromatic amines is 1. The Hall–Kier alpha value is -2.96. The van der Waals surface area contributed by atoms with Gasteiger partial charge in [0, 0.05) is 18.9 Å². The molecule has 0 aromatic carbocycles. The number of fused-ring (bicyclic) bond motifs is 1. The third-order valence-electron chi connectivity index (χ3n) is 3.10. The summed E-state index contributed by atoms with van der Waals surface area (Å²) >= 11 is 0. The van der Waals surface area contributed by atoms with Crippen molar-refractivity contribution in [1.82, 2.24) is 20.3 Å². The average Bonchev–Trinajstić information content (AvgIpc) is 2.83. The van der Waals surface area contributed by atoms with Crippen LogP contribution in [0.2, 0.25) is 0 Å². The Balaban J connectivity index is 1.92. The highest BCUT2D eigenvalue weighted by atomic mass is 16.3. The average molecular weight is 284 g/mol.